The first-order valence-corrected chi connectivity index (χ1v) is 21.0. The first-order valence-electron chi connectivity index (χ1n) is 19.0. The molecule has 0 saturated heterocycles. The zero-order chi connectivity index (χ0) is 36.8. The number of aromatic nitrogens is 4. The molecule has 0 saturated carbocycles. The largest absolute Gasteiger partial charge is 0.455 e. The number of pyridine rings is 2. The van der Waals surface area contributed by atoms with Crippen LogP contribution in [0.5, 0.6) is 0 Å². The molecule has 0 fully saturated rings. The summed E-state index contributed by atoms with van der Waals surface area (Å²) in [5.74, 6) is 0. The summed E-state index contributed by atoms with van der Waals surface area (Å²) in [4.78, 5) is 9.97. The third-order valence-electron chi connectivity index (χ3n) is 11.8. The third-order valence-corrected chi connectivity index (χ3v) is 16.5. The predicted molar refractivity (Wildman–Crippen MR) is 233 cm³/mol. The first-order chi connectivity index (χ1) is 27.8. The molecule has 262 valence electrons. The molecule has 7 aromatic carbocycles. The number of nitrogens with zero attached hydrogens (tertiary/aromatic N) is 4. The van der Waals surface area contributed by atoms with E-state index >= 15 is 0 Å². The fourth-order valence-electron chi connectivity index (χ4n) is 9.43. The molecule has 0 aliphatic carbocycles. The lowest BCUT2D eigenvalue weighted by molar-refractivity contribution is 0.673. The second-order valence-electron chi connectivity index (χ2n) is 14.6. The van der Waals surface area contributed by atoms with Gasteiger partial charge in [0.1, 0.15) is 22.5 Å². The van der Waals surface area contributed by atoms with Crippen molar-refractivity contribution in [3.63, 3.8) is 0 Å². The van der Waals surface area contributed by atoms with Gasteiger partial charge in [-0.3, -0.25) is 8.97 Å². The van der Waals surface area contributed by atoms with Crippen LogP contribution < -0.4 is 20.7 Å². The van der Waals surface area contributed by atoms with Crippen LogP contribution >= 0.6 is 0 Å². The van der Waals surface area contributed by atoms with Crippen molar-refractivity contribution in [2.24, 2.45) is 0 Å². The summed E-state index contributed by atoms with van der Waals surface area (Å²) >= 11 is 0. The van der Waals surface area contributed by atoms with Crippen LogP contribution in [0.4, 0.5) is 0 Å². The van der Waals surface area contributed by atoms with E-state index in [9.17, 15) is 0 Å². The Morgan fingerprint density at radius 1 is 0.429 bits per heavy atom. The highest BCUT2D eigenvalue weighted by Gasteiger charge is 2.42. The Balaban J connectivity index is 1.18. The summed E-state index contributed by atoms with van der Waals surface area (Å²) in [6, 6.07) is 64.1. The predicted octanol–water partition coefficient (Wildman–Crippen LogP) is 9.41. The molecule has 0 bridgehead atoms. The lowest BCUT2D eigenvalue weighted by atomic mass is 10.1. The Bertz CT molecular complexity index is 3450. The number of imidazole rings is 1. The Morgan fingerprint density at radius 3 is 1.95 bits per heavy atom. The molecule has 6 heteroatoms. The van der Waals surface area contributed by atoms with Gasteiger partial charge in [-0.1, -0.05) is 127 Å². The summed E-state index contributed by atoms with van der Waals surface area (Å²) in [7, 11) is -2.99. The number of fused-ring (bicyclic) bond motifs is 13. The van der Waals surface area contributed by atoms with Crippen LogP contribution in [0.2, 0.25) is 0 Å². The van der Waals surface area contributed by atoms with Gasteiger partial charge in [-0.15, -0.1) is 0 Å². The lowest BCUT2D eigenvalue weighted by Crippen LogP contribution is -2.74. The van der Waals surface area contributed by atoms with Gasteiger partial charge in [0.2, 0.25) is 0 Å². The van der Waals surface area contributed by atoms with Gasteiger partial charge in [-0.2, -0.15) is 0 Å². The average Bonchev–Trinajstić information content (AvgIpc) is 4.00. The number of furan rings is 1. The van der Waals surface area contributed by atoms with E-state index in [4.69, 9.17) is 14.4 Å². The van der Waals surface area contributed by atoms with Gasteiger partial charge in [0, 0.05) is 51.2 Å². The third kappa shape index (κ3) is 4.24. The van der Waals surface area contributed by atoms with Gasteiger partial charge in [0.25, 0.3) is 0 Å². The summed E-state index contributed by atoms with van der Waals surface area (Å²) in [6.07, 6.45) is 5.88. The van der Waals surface area contributed by atoms with E-state index in [1.807, 2.05) is 30.6 Å². The zero-order valence-electron chi connectivity index (χ0n) is 30.2. The van der Waals surface area contributed by atoms with Gasteiger partial charge >= 0.3 is 0 Å². The summed E-state index contributed by atoms with van der Waals surface area (Å²) in [6.45, 7) is 0. The quantitative estimate of drug-likeness (QED) is 0.101. The molecule has 56 heavy (non-hydrogen) atoms. The molecule has 12 rings (SSSR count). The summed E-state index contributed by atoms with van der Waals surface area (Å²) in [5, 5.41) is 13.1. The minimum atomic E-state index is -2.99. The Morgan fingerprint density at radius 2 is 1.11 bits per heavy atom. The molecule has 12 aromatic rings. The van der Waals surface area contributed by atoms with Gasteiger partial charge in [0.15, 0.2) is 8.07 Å². The van der Waals surface area contributed by atoms with Gasteiger partial charge in [-0.25, -0.2) is 9.97 Å². The topological polar surface area (TPSA) is 48.3 Å². The van der Waals surface area contributed by atoms with E-state index < -0.39 is 8.07 Å². The normalized spacial score (nSPS) is 12.3. The second kappa shape index (κ2) is 11.9. The number of rotatable bonds is 5. The highest BCUT2D eigenvalue weighted by molar-refractivity contribution is 7.20. The van der Waals surface area contributed by atoms with Crippen molar-refractivity contribution in [3.05, 3.63) is 195 Å². The van der Waals surface area contributed by atoms with Crippen molar-refractivity contribution in [2.45, 2.75) is 0 Å². The van der Waals surface area contributed by atoms with E-state index in [0.29, 0.717) is 0 Å². The first kappa shape index (κ1) is 31.1. The lowest BCUT2D eigenvalue weighted by Gasteiger charge is -2.35. The number of hydrogen-bond acceptors (Lipinski definition) is 3. The molecule has 5 aromatic heterocycles. The summed E-state index contributed by atoms with van der Waals surface area (Å²) in [5.41, 5.74) is 6.92. The molecule has 5 nitrogen and oxygen atoms in total. The second-order valence-corrected chi connectivity index (χ2v) is 18.4. The summed E-state index contributed by atoms with van der Waals surface area (Å²) < 4.78 is 11.2. The minimum absolute atomic E-state index is 0.888. The van der Waals surface area contributed by atoms with Crippen LogP contribution in [0.3, 0.4) is 0 Å². The maximum Gasteiger partial charge on any atom is 0.179 e. The molecule has 0 unspecified atom stereocenters. The highest BCUT2D eigenvalue weighted by Crippen LogP contribution is 2.40. The molecule has 0 aliphatic rings. The van der Waals surface area contributed by atoms with Crippen LogP contribution in [0.15, 0.2) is 199 Å². The minimum Gasteiger partial charge on any atom is -0.455 e. The van der Waals surface area contributed by atoms with Crippen molar-refractivity contribution < 1.29 is 4.42 Å². The number of hydrogen-bond donors (Lipinski definition) is 0. The molecular formula is C50H32N4OSi. The molecule has 0 radical (unpaired) electrons. The molecule has 5 heterocycles. The van der Waals surface area contributed by atoms with Crippen molar-refractivity contribution in [3.8, 4) is 5.69 Å². The molecule has 0 spiro atoms. The fourth-order valence-corrected chi connectivity index (χ4v) is 14.2. The fraction of sp³-hybridized carbons (Fsp3) is 0. The molecule has 0 aliphatic heterocycles. The van der Waals surface area contributed by atoms with Crippen LogP contribution in [-0.4, -0.2) is 27.0 Å². The van der Waals surface area contributed by atoms with Crippen molar-refractivity contribution >= 4 is 100 Å². The van der Waals surface area contributed by atoms with E-state index in [0.717, 1.165) is 66.1 Å². The smallest absolute Gasteiger partial charge is 0.179 e. The molecular weight excluding hydrogens is 701 g/mol. The van der Waals surface area contributed by atoms with Crippen molar-refractivity contribution in [1.82, 2.24) is 18.9 Å². The Hall–Kier alpha value is -7.28. The van der Waals surface area contributed by atoms with Crippen LogP contribution in [-0.2, 0) is 0 Å². The SMILES string of the molecule is c1ccc([Si](c2ccccc2)(c2cccc(-n3c4ccc5c6ccccc6oc5c4c4cccnc43)c2)c2ccc3c4ccccc4n4ccnc4c3c2)cc1. The maximum absolute atomic E-state index is 6.62. The van der Waals surface area contributed by atoms with E-state index in [1.165, 1.54) is 31.5 Å². The monoisotopic (exact) mass is 732 g/mol. The zero-order valence-corrected chi connectivity index (χ0v) is 31.2. The van der Waals surface area contributed by atoms with E-state index in [-0.39, 0.29) is 0 Å². The van der Waals surface area contributed by atoms with Crippen molar-refractivity contribution in [1.29, 1.82) is 0 Å². The molecule has 0 atom stereocenters. The highest BCUT2D eigenvalue weighted by atomic mass is 28.3. The maximum atomic E-state index is 6.62. The molecule has 0 amide bonds. The van der Waals surface area contributed by atoms with Crippen LogP contribution in [0.25, 0.3) is 76.9 Å². The van der Waals surface area contributed by atoms with Gasteiger partial charge in [-0.05, 0) is 74.7 Å². The van der Waals surface area contributed by atoms with Crippen LogP contribution in [0, 0.1) is 0 Å². The van der Waals surface area contributed by atoms with Crippen LogP contribution in [0.1, 0.15) is 0 Å². The number of benzene rings is 7. The Labute approximate surface area is 322 Å². The van der Waals surface area contributed by atoms with E-state index in [1.54, 1.807) is 0 Å². The van der Waals surface area contributed by atoms with Crippen molar-refractivity contribution in [2.75, 3.05) is 0 Å². The Kier molecular flexibility index (Phi) is 6.59. The molecule has 0 N–H and O–H groups in total. The van der Waals surface area contributed by atoms with E-state index in [2.05, 4.69) is 173 Å². The van der Waals surface area contributed by atoms with Gasteiger partial charge < -0.3 is 4.42 Å². The van der Waals surface area contributed by atoms with Gasteiger partial charge in [0.05, 0.1) is 16.4 Å². The standard InChI is InChI=1S/C50H32N4OSi/c1-3-14-34(15-4-1)56(35-16-5-2-6-17-35,37-24-25-38-39-19-7-9-22-44(39)53-30-29-52-49(53)43(38)32-37)36-18-11-13-33(31-36)54-45-27-26-41-40-20-8-10-23-46(40)55-48(41)47(45)42-21-12-28-51-50(42)54/h1-32H. The number of para-hydroxylation sites is 2. The average molecular weight is 733 g/mol.